The van der Waals surface area contributed by atoms with Crippen molar-refractivity contribution in [2.24, 2.45) is 7.05 Å². The van der Waals surface area contributed by atoms with E-state index in [0.717, 1.165) is 51.0 Å². The molecule has 0 N–H and O–H groups in total. The Morgan fingerprint density at radius 3 is 2.43 bits per heavy atom. The SMILES string of the molecule is Cn1nc(C2CCN(C(=O)CCc3ccccc3)CC2)n(C2CCCC2)c1=O. The Balaban J connectivity index is 1.37. The summed E-state index contributed by atoms with van der Waals surface area (Å²) in [5, 5.41) is 4.59. The minimum Gasteiger partial charge on any atom is -0.343 e. The molecule has 2 aliphatic rings. The van der Waals surface area contributed by atoms with Crippen LogP contribution in [0.15, 0.2) is 35.1 Å². The lowest BCUT2D eigenvalue weighted by molar-refractivity contribution is -0.132. The fourth-order valence-corrected chi connectivity index (χ4v) is 4.72. The van der Waals surface area contributed by atoms with Crippen LogP contribution in [0, 0.1) is 0 Å². The fourth-order valence-electron chi connectivity index (χ4n) is 4.72. The number of piperidine rings is 1. The molecule has 2 aromatic rings. The minimum absolute atomic E-state index is 0.0169. The van der Waals surface area contributed by atoms with E-state index < -0.39 is 0 Å². The van der Waals surface area contributed by atoms with E-state index in [0.29, 0.717) is 12.5 Å². The Hall–Kier alpha value is -2.37. The first-order valence-electron chi connectivity index (χ1n) is 10.6. The van der Waals surface area contributed by atoms with E-state index in [1.165, 1.54) is 23.1 Å². The zero-order valence-electron chi connectivity index (χ0n) is 16.7. The molecule has 1 saturated carbocycles. The Morgan fingerprint density at radius 2 is 1.75 bits per heavy atom. The van der Waals surface area contributed by atoms with E-state index in [1.807, 2.05) is 27.7 Å². The monoisotopic (exact) mass is 382 g/mol. The lowest BCUT2D eigenvalue weighted by Gasteiger charge is -2.32. The second kappa shape index (κ2) is 8.33. The van der Waals surface area contributed by atoms with E-state index in [4.69, 9.17) is 0 Å². The standard InChI is InChI=1S/C22H30N4O2/c1-24-22(28)26(19-9-5-6-10-19)21(23-24)18-13-15-25(16-14-18)20(27)12-11-17-7-3-2-4-8-17/h2-4,7-8,18-19H,5-6,9-16H2,1H3. The number of carbonyl (C=O) groups is 1. The third-order valence-corrected chi connectivity index (χ3v) is 6.36. The summed E-state index contributed by atoms with van der Waals surface area (Å²) in [7, 11) is 1.75. The zero-order chi connectivity index (χ0) is 19.5. The first-order valence-corrected chi connectivity index (χ1v) is 10.6. The van der Waals surface area contributed by atoms with Crippen LogP contribution in [0.2, 0.25) is 0 Å². The van der Waals surface area contributed by atoms with Gasteiger partial charge in [0.15, 0.2) is 0 Å². The van der Waals surface area contributed by atoms with Gasteiger partial charge in [0.05, 0.1) is 0 Å². The second-order valence-electron chi connectivity index (χ2n) is 8.21. The molecule has 1 saturated heterocycles. The molecule has 0 atom stereocenters. The molecule has 6 heteroatoms. The number of hydrogen-bond acceptors (Lipinski definition) is 3. The van der Waals surface area contributed by atoms with Gasteiger partial charge in [0.25, 0.3) is 0 Å². The minimum atomic E-state index is 0.0169. The first-order chi connectivity index (χ1) is 13.6. The van der Waals surface area contributed by atoms with Crippen LogP contribution < -0.4 is 5.69 Å². The third kappa shape index (κ3) is 3.91. The van der Waals surface area contributed by atoms with Gasteiger partial charge >= 0.3 is 5.69 Å². The molecule has 28 heavy (non-hydrogen) atoms. The molecule has 2 fully saturated rings. The number of hydrogen-bond donors (Lipinski definition) is 0. The Morgan fingerprint density at radius 1 is 1.07 bits per heavy atom. The van der Waals surface area contributed by atoms with Gasteiger partial charge in [-0.05, 0) is 37.7 Å². The highest BCUT2D eigenvalue weighted by atomic mass is 16.2. The number of nitrogens with zero attached hydrogens (tertiary/aromatic N) is 4. The number of rotatable bonds is 5. The van der Waals surface area contributed by atoms with Gasteiger partial charge in [-0.3, -0.25) is 9.36 Å². The van der Waals surface area contributed by atoms with Crippen molar-refractivity contribution in [3.05, 3.63) is 52.2 Å². The molecule has 0 spiro atoms. The van der Waals surface area contributed by atoms with Gasteiger partial charge < -0.3 is 4.90 Å². The summed E-state index contributed by atoms with van der Waals surface area (Å²) in [5.74, 6) is 1.44. The largest absolute Gasteiger partial charge is 0.345 e. The van der Waals surface area contributed by atoms with Crippen LogP contribution in [0.1, 0.15) is 68.3 Å². The van der Waals surface area contributed by atoms with Crippen molar-refractivity contribution in [3.8, 4) is 0 Å². The Kier molecular flexibility index (Phi) is 5.64. The van der Waals surface area contributed by atoms with Crippen LogP contribution in [0.25, 0.3) is 0 Å². The highest BCUT2D eigenvalue weighted by molar-refractivity contribution is 5.76. The van der Waals surface area contributed by atoms with Crippen LogP contribution in [0.5, 0.6) is 0 Å². The Bertz CT molecular complexity index is 856. The number of aryl methyl sites for hydroxylation is 2. The summed E-state index contributed by atoms with van der Waals surface area (Å²) in [5.41, 5.74) is 1.23. The van der Waals surface area contributed by atoms with E-state index in [2.05, 4.69) is 17.2 Å². The molecule has 4 rings (SSSR count). The predicted octanol–water partition coefficient (Wildman–Crippen LogP) is 3.04. The summed E-state index contributed by atoms with van der Waals surface area (Å²) < 4.78 is 3.45. The number of amides is 1. The van der Waals surface area contributed by atoms with E-state index in [9.17, 15) is 9.59 Å². The van der Waals surface area contributed by atoms with Crippen LogP contribution in [0.4, 0.5) is 0 Å². The normalized spacial score (nSPS) is 18.7. The molecule has 0 unspecified atom stereocenters. The third-order valence-electron chi connectivity index (χ3n) is 6.36. The van der Waals surface area contributed by atoms with E-state index in [-0.39, 0.29) is 17.5 Å². The molecule has 2 heterocycles. The van der Waals surface area contributed by atoms with Crippen molar-refractivity contribution in [2.45, 2.75) is 63.3 Å². The van der Waals surface area contributed by atoms with Gasteiger partial charge in [-0.25, -0.2) is 9.48 Å². The van der Waals surface area contributed by atoms with Crippen LogP contribution in [-0.4, -0.2) is 38.2 Å². The van der Waals surface area contributed by atoms with Gasteiger partial charge in [0.2, 0.25) is 5.91 Å². The topological polar surface area (TPSA) is 60.1 Å². The Labute approximate surface area is 166 Å². The van der Waals surface area contributed by atoms with Crippen LogP contribution in [0.3, 0.4) is 0 Å². The number of benzene rings is 1. The quantitative estimate of drug-likeness (QED) is 0.799. The molecule has 0 radical (unpaired) electrons. The zero-order valence-corrected chi connectivity index (χ0v) is 16.7. The average Bonchev–Trinajstić information content (AvgIpc) is 3.35. The molecule has 0 bridgehead atoms. The maximum atomic E-state index is 12.6. The van der Waals surface area contributed by atoms with E-state index >= 15 is 0 Å². The van der Waals surface area contributed by atoms with Gasteiger partial charge in [-0.1, -0.05) is 43.2 Å². The smallest absolute Gasteiger partial charge is 0.343 e. The lowest BCUT2D eigenvalue weighted by Crippen LogP contribution is -2.39. The van der Waals surface area contributed by atoms with Crippen molar-refractivity contribution in [1.29, 1.82) is 0 Å². The molecule has 1 aliphatic carbocycles. The van der Waals surface area contributed by atoms with Gasteiger partial charge in [0, 0.05) is 38.5 Å². The van der Waals surface area contributed by atoms with Crippen molar-refractivity contribution < 1.29 is 4.79 Å². The summed E-state index contributed by atoms with van der Waals surface area (Å²) in [6.45, 7) is 1.52. The van der Waals surface area contributed by atoms with Gasteiger partial charge in [0.1, 0.15) is 5.82 Å². The molecule has 1 aromatic heterocycles. The van der Waals surface area contributed by atoms with Crippen molar-refractivity contribution in [2.75, 3.05) is 13.1 Å². The number of carbonyl (C=O) groups excluding carboxylic acids is 1. The first kappa shape index (κ1) is 19.0. The van der Waals surface area contributed by atoms with Crippen molar-refractivity contribution in [1.82, 2.24) is 19.2 Å². The highest BCUT2D eigenvalue weighted by Gasteiger charge is 2.31. The van der Waals surface area contributed by atoms with Crippen LogP contribution in [-0.2, 0) is 18.3 Å². The summed E-state index contributed by atoms with van der Waals surface area (Å²) in [4.78, 5) is 27.2. The maximum Gasteiger partial charge on any atom is 0.345 e. The fraction of sp³-hybridized carbons (Fsp3) is 0.591. The van der Waals surface area contributed by atoms with Gasteiger partial charge in [-0.15, -0.1) is 0 Å². The van der Waals surface area contributed by atoms with E-state index in [1.54, 1.807) is 7.05 Å². The highest BCUT2D eigenvalue weighted by Crippen LogP contribution is 2.33. The molecule has 1 aliphatic heterocycles. The average molecular weight is 383 g/mol. The predicted molar refractivity (Wildman–Crippen MR) is 108 cm³/mol. The molecule has 1 amide bonds. The van der Waals surface area contributed by atoms with Crippen molar-refractivity contribution in [3.63, 3.8) is 0 Å². The van der Waals surface area contributed by atoms with Gasteiger partial charge in [-0.2, -0.15) is 5.10 Å². The summed E-state index contributed by atoms with van der Waals surface area (Å²) in [6, 6.07) is 10.5. The molecule has 1 aromatic carbocycles. The lowest BCUT2D eigenvalue weighted by atomic mass is 9.95. The van der Waals surface area contributed by atoms with Crippen LogP contribution >= 0.6 is 0 Å². The number of aromatic nitrogens is 3. The second-order valence-corrected chi connectivity index (χ2v) is 8.21. The van der Waals surface area contributed by atoms with Crippen molar-refractivity contribution >= 4 is 5.91 Å². The molecule has 6 nitrogen and oxygen atoms in total. The number of likely N-dealkylation sites (tertiary alicyclic amines) is 1. The summed E-state index contributed by atoms with van der Waals surface area (Å²) >= 11 is 0. The molecular weight excluding hydrogens is 352 g/mol. The maximum absolute atomic E-state index is 12.6. The summed E-state index contributed by atoms with van der Waals surface area (Å²) in [6.07, 6.45) is 7.68. The molecular formula is C22H30N4O2. The molecule has 150 valence electrons.